The molecule has 10 heavy (non-hydrogen) atoms. The molecule has 0 aliphatic rings. The fraction of sp³-hybridized carbons (Fsp3) is 1.00. The van der Waals surface area contributed by atoms with Crippen LogP contribution in [-0.4, -0.2) is 23.8 Å². The monoisotopic (exact) mass is 160 g/mol. The third-order valence-corrected chi connectivity index (χ3v) is 0.904. The van der Waals surface area contributed by atoms with Crippen LogP contribution in [0.5, 0.6) is 0 Å². The molecule has 0 aromatic rings. The molecule has 0 saturated heterocycles. The van der Waals surface area contributed by atoms with Crippen LogP contribution in [0.15, 0.2) is 0 Å². The summed E-state index contributed by atoms with van der Waals surface area (Å²) in [4.78, 5) is 0. The molecule has 0 aliphatic carbocycles. The van der Waals surface area contributed by atoms with Crippen LogP contribution >= 0.6 is 0 Å². The van der Waals surface area contributed by atoms with Crippen LogP contribution in [0, 0.1) is 0 Å². The van der Waals surface area contributed by atoms with E-state index in [2.05, 4.69) is 0 Å². The molecule has 0 aromatic heterocycles. The molecular formula is C4H8F4N2. The first-order valence-electron chi connectivity index (χ1n) is 2.81. The maximum Gasteiger partial charge on any atom is 0.0620 e. The Morgan fingerprint density at radius 2 is 1.00 bits per heavy atom. The lowest BCUT2D eigenvalue weighted by Crippen LogP contribution is -2.07. The molecular weight excluding hydrogens is 152 g/mol. The summed E-state index contributed by atoms with van der Waals surface area (Å²) in [6.45, 7) is -0.901. The summed E-state index contributed by atoms with van der Waals surface area (Å²) < 4.78 is 44.8. The highest BCUT2D eigenvalue weighted by molar-refractivity contribution is 4.40. The number of unbranched alkanes of at least 4 members (excludes halogenated alkanes) is 1. The van der Waals surface area contributed by atoms with Gasteiger partial charge in [0, 0.05) is 10.7 Å². The third kappa shape index (κ3) is 7.64. The minimum absolute atomic E-state index is 0.0807. The number of hydrogen-bond acceptors (Lipinski definition) is 2. The van der Waals surface area contributed by atoms with Crippen LogP contribution in [0.2, 0.25) is 0 Å². The van der Waals surface area contributed by atoms with Crippen LogP contribution < -0.4 is 0 Å². The van der Waals surface area contributed by atoms with Crippen molar-refractivity contribution in [2.45, 2.75) is 12.8 Å². The Labute approximate surface area is 55.8 Å². The van der Waals surface area contributed by atoms with Gasteiger partial charge in [0.15, 0.2) is 0 Å². The number of hydrogen-bond donors (Lipinski definition) is 0. The quantitative estimate of drug-likeness (QED) is 0.344. The van der Waals surface area contributed by atoms with Gasteiger partial charge in [0.05, 0.1) is 13.1 Å². The molecule has 0 saturated carbocycles. The van der Waals surface area contributed by atoms with Crippen molar-refractivity contribution < 1.29 is 17.9 Å². The molecule has 0 atom stereocenters. The number of rotatable bonds is 5. The lowest BCUT2D eigenvalue weighted by molar-refractivity contribution is -0.164. The van der Waals surface area contributed by atoms with E-state index in [1.54, 1.807) is 0 Å². The van der Waals surface area contributed by atoms with Crippen molar-refractivity contribution in [3.05, 3.63) is 0 Å². The largest absolute Gasteiger partial charge is 0.102 e. The van der Waals surface area contributed by atoms with Gasteiger partial charge in [-0.1, -0.05) is 0 Å². The molecule has 0 amide bonds. The Bertz CT molecular complexity index is 67.7. The second-order valence-electron chi connectivity index (χ2n) is 1.76. The van der Waals surface area contributed by atoms with Gasteiger partial charge in [-0.05, 0) is 12.8 Å². The molecule has 6 heteroatoms. The Balaban J connectivity index is 2.91. The summed E-state index contributed by atoms with van der Waals surface area (Å²) in [5.74, 6) is 0. The summed E-state index contributed by atoms with van der Waals surface area (Å²) in [7, 11) is 0. The van der Waals surface area contributed by atoms with Crippen LogP contribution in [0.1, 0.15) is 12.8 Å². The van der Waals surface area contributed by atoms with Crippen molar-refractivity contribution in [2.75, 3.05) is 13.1 Å². The predicted octanol–water partition coefficient (Wildman–Crippen LogP) is 1.91. The molecule has 0 rings (SSSR count). The minimum Gasteiger partial charge on any atom is -0.102 e. The maximum atomic E-state index is 11.2. The minimum atomic E-state index is -1.01. The second kappa shape index (κ2) is 5.43. The Kier molecular flexibility index (Phi) is 5.23. The van der Waals surface area contributed by atoms with Gasteiger partial charge >= 0.3 is 0 Å². The van der Waals surface area contributed by atoms with E-state index in [9.17, 15) is 17.9 Å². The van der Waals surface area contributed by atoms with Crippen molar-refractivity contribution in [1.29, 1.82) is 0 Å². The van der Waals surface area contributed by atoms with Gasteiger partial charge in [-0.2, -0.15) is 0 Å². The molecule has 0 fully saturated rings. The molecule has 2 nitrogen and oxygen atoms in total. The van der Waals surface area contributed by atoms with E-state index in [-0.39, 0.29) is 12.8 Å². The zero-order valence-corrected chi connectivity index (χ0v) is 5.23. The SMILES string of the molecule is FN(F)CCCCN(F)F. The van der Waals surface area contributed by atoms with E-state index in [1.165, 1.54) is 0 Å². The normalized spacial score (nSPS) is 11.4. The van der Waals surface area contributed by atoms with E-state index < -0.39 is 23.8 Å². The molecule has 0 N–H and O–H groups in total. The zero-order chi connectivity index (χ0) is 7.98. The van der Waals surface area contributed by atoms with Gasteiger partial charge < -0.3 is 0 Å². The van der Waals surface area contributed by atoms with Crippen molar-refractivity contribution in [3.63, 3.8) is 0 Å². The fourth-order valence-electron chi connectivity index (χ4n) is 0.463. The van der Waals surface area contributed by atoms with Gasteiger partial charge in [0.25, 0.3) is 0 Å². The summed E-state index contributed by atoms with van der Waals surface area (Å²) >= 11 is 0. The van der Waals surface area contributed by atoms with Gasteiger partial charge in [-0.15, -0.1) is 17.9 Å². The van der Waals surface area contributed by atoms with Crippen molar-refractivity contribution in [2.24, 2.45) is 0 Å². The highest BCUT2D eigenvalue weighted by Gasteiger charge is 2.01. The van der Waals surface area contributed by atoms with E-state index >= 15 is 0 Å². The molecule has 0 unspecified atom stereocenters. The third-order valence-electron chi connectivity index (χ3n) is 0.904. The highest BCUT2D eigenvalue weighted by Crippen LogP contribution is 1.99. The van der Waals surface area contributed by atoms with Crippen LogP contribution in [0.3, 0.4) is 0 Å². The Morgan fingerprint density at radius 3 is 1.20 bits per heavy atom. The lowest BCUT2D eigenvalue weighted by Gasteiger charge is -2.00. The molecule has 0 heterocycles. The first-order chi connectivity index (χ1) is 4.63. The topological polar surface area (TPSA) is 6.48 Å². The van der Waals surface area contributed by atoms with Crippen LogP contribution in [0.4, 0.5) is 17.9 Å². The molecule has 0 radical (unpaired) electrons. The summed E-state index contributed by atoms with van der Waals surface area (Å²) in [5.41, 5.74) is 0. The van der Waals surface area contributed by atoms with Gasteiger partial charge in [-0.25, -0.2) is 0 Å². The molecule has 0 aliphatic heterocycles. The molecule has 62 valence electrons. The molecule has 0 spiro atoms. The second-order valence-corrected chi connectivity index (χ2v) is 1.76. The van der Waals surface area contributed by atoms with Gasteiger partial charge in [0.1, 0.15) is 0 Å². The maximum absolute atomic E-state index is 11.2. The van der Waals surface area contributed by atoms with E-state index in [0.29, 0.717) is 0 Å². The summed E-state index contributed by atoms with van der Waals surface area (Å²) in [5, 5.41) is -2.03. The van der Waals surface area contributed by atoms with E-state index in [1.807, 2.05) is 0 Å². The first-order valence-corrected chi connectivity index (χ1v) is 2.81. The first kappa shape index (κ1) is 9.64. The number of nitrogens with zero attached hydrogens (tertiary/aromatic N) is 2. The molecule has 0 bridgehead atoms. The van der Waals surface area contributed by atoms with E-state index in [0.717, 1.165) is 0 Å². The predicted molar refractivity (Wildman–Crippen MR) is 27.1 cm³/mol. The van der Waals surface area contributed by atoms with Crippen LogP contribution in [0.25, 0.3) is 0 Å². The summed E-state index contributed by atoms with van der Waals surface area (Å²) in [6.07, 6.45) is 0.161. The zero-order valence-electron chi connectivity index (χ0n) is 5.23. The summed E-state index contributed by atoms with van der Waals surface area (Å²) in [6, 6.07) is 0. The van der Waals surface area contributed by atoms with Gasteiger partial charge in [0.2, 0.25) is 0 Å². The van der Waals surface area contributed by atoms with Crippen molar-refractivity contribution in [1.82, 2.24) is 10.7 Å². The fourth-order valence-corrected chi connectivity index (χ4v) is 0.463. The van der Waals surface area contributed by atoms with Gasteiger partial charge in [-0.3, -0.25) is 0 Å². The van der Waals surface area contributed by atoms with Crippen molar-refractivity contribution in [3.8, 4) is 0 Å². The average molecular weight is 160 g/mol. The lowest BCUT2D eigenvalue weighted by atomic mass is 10.3. The number of halogens is 4. The highest BCUT2D eigenvalue weighted by atomic mass is 19.4. The smallest absolute Gasteiger partial charge is 0.0620 e. The molecule has 0 aromatic carbocycles. The van der Waals surface area contributed by atoms with Crippen molar-refractivity contribution >= 4 is 0 Å². The van der Waals surface area contributed by atoms with E-state index in [4.69, 9.17) is 0 Å². The Hall–Kier alpha value is -0.360. The van der Waals surface area contributed by atoms with Crippen LogP contribution in [-0.2, 0) is 0 Å². The Morgan fingerprint density at radius 1 is 0.700 bits per heavy atom. The average Bonchev–Trinajstić information content (AvgIpc) is 1.79. The standard InChI is InChI=1S/C4H8F4N2/c5-9(6)3-1-2-4-10(7)8/h1-4H2.